The van der Waals surface area contributed by atoms with Gasteiger partial charge in [0.05, 0.1) is 6.61 Å². The molecule has 1 aliphatic heterocycles. The van der Waals surface area contributed by atoms with Gasteiger partial charge in [0.15, 0.2) is 4.60 Å². The number of fused-ring (bicyclic) bond motifs is 1. The molecule has 54 valence electrons. The largest absolute Gasteiger partial charge is 0.476 e. The van der Waals surface area contributed by atoms with Crippen LogP contribution >= 0.6 is 15.9 Å². The lowest BCUT2D eigenvalue weighted by Gasteiger charge is -2.12. The fourth-order valence-electron chi connectivity index (χ4n) is 0.947. The Kier molecular flexibility index (Phi) is 1.37. The molecule has 2 rings (SSSR count). The van der Waals surface area contributed by atoms with Crippen LogP contribution in [0.25, 0.3) is 0 Å². The van der Waals surface area contributed by atoms with Crippen molar-refractivity contribution in [2.24, 2.45) is 0 Å². The molecule has 0 unspecified atom stereocenters. The first-order valence-electron chi connectivity index (χ1n) is 3.10. The van der Waals surface area contributed by atoms with Crippen LogP contribution in [0.3, 0.4) is 0 Å². The van der Waals surface area contributed by atoms with Gasteiger partial charge in [0.1, 0.15) is 0 Å². The highest BCUT2D eigenvalue weighted by Crippen LogP contribution is 2.24. The summed E-state index contributed by atoms with van der Waals surface area (Å²) >= 11 is 3.23. The second kappa shape index (κ2) is 2.23. The molecule has 0 spiro atoms. The predicted molar refractivity (Wildman–Crippen MR) is 37.8 cm³/mol. The van der Waals surface area contributed by atoms with Crippen LogP contribution in [0.15, 0.2) is 4.60 Å². The van der Waals surface area contributed by atoms with Gasteiger partial charge in [-0.3, -0.25) is 0 Å². The second-order valence-corrected chi connectivity index (χ2v) is 2.86. The van der Waals surface area contributed by atoms with Crippen molar-refractivity contribution in [2.75, 3.05) is 6.61 Å². The van der Waals surface area contributed by atoms with Gasteiger partial charge >= 0.3 is 0 Å². The van der Waals surface area contributed by atoms with E-state index in [1.807, 2.05) is 0 Å². The molecule has 0 aromatic carbocycles. The van der Waals surface area contributed by atoms with Gasteiger partial charge in [-0.1, -0.05) is 5.21 Å². The summed E-state index contributed by atoms with van der Waals surface area (Å²) in [6.45, 7) is 1.68. The summed E-state index contributed by atoms with van der Waals surface area (Å²) in [6, 6.07) is 0. The SMILES string of the molecule is Brc1nnn2c1OCCC2. The maximum atomic E-state index is 5.29. The molecule has 1 aliphatic rings. The number of ether oxygens (including phenoxy) is 1. The van der Waals surface area contributed by atoms with Crippen molar-refractivity contribution >= 4 is 15.9 Å². The molecule has 1 aromatic heterocycles. The van der Waals surface area contributed by atoms with E-state index in [-0.39, 0.29) is 0 Å². The number of aromatic nitrogens is 3. The second-order valence-electron chi connectivity index (χ2n) is 2.11. The van der Waals surface area contributed by atoms with E-state index in [1.54, 1.807) is 4.68 Å². The Morgan fingerprint density at radius 3 is 3.30 bits per heavy atom. The normalized spacial score (nSPS) is 16.1. The minimum Gasteiger partial charge on any atom is -0.476 e. The zero-order chi connectivity index (χ0) is 6.97. The van der Waals surface area contributed by atoms with E-state index in [2.05, 4.69) is 26.2 Å². The fraction of sp³-hybridized carbons (Fsp3) is 0.600. The average Bonchev–Trinajstić information content (AvgIpc) is 2.34. The predicted octanol–water partition coefficient (Wildman–Crippen LogP) is 0.823. The smallest absolute Gasteiger partial charge is 0.247 e. The van der Waals surface area contributed by atoms with Crippen LogP contribution in [-0.2, 0) is 6.54 Å². The molecule has 4 nitrogen and oxygen atoms in total. The maximum Gasteiger partial charge on any atom is 0.247 e. The average molecular weight is 204 g/mol. The van der Waals surface area contributed by atoms with Gasteiger partial charge in [0.2, 0.25) is 5.88 Å². The summed E-state index contributed by atoms with van der Waals surface area (Å²) in [7, 11) is 0. The highest BCUT2D eigenvalue weighted by Gasteiger charge is 2.15. The molecule has 2 heterocycles. The Morgan fingerprint density at radius 2 is 2.50 bits per heavy atom. The molecule has 0 saturated carbocycles. The van der Waals surface area contributed by atoms with Crippen LogP contribution in [0.4, 0.5) is 0 Å². The maximum absolute atomic E-state index is 5.29. The van der Waals surface area contributed by atoms with Crippen LogP contribution in [0.5, 0.6) is 5.88 Å². The van der Waals surface area contributed by atoms with Crippen LogP contribution < -0.4 is 4.74 Å². The Bertz CT molecular complexity index is 247. The topological polar surface area (TPSA) is 39.9 Å². The first kappa shape index (κ1) is 6.15. The van der Waals surface area contributed by atoms with Crippen molar-refractivity contribution in [3.8, 4) is 5.88 Å². The summed E-state index contributed by atoms with van der Waals surface area (Å²) in [6.07, 6.45) is 1.02. The van der Waals surface area contributed by atoms with E-state index in [4.69, 9.17) is 4.74 Å². The van der Waals surface area contributed by atoms with Crippen molar-refractivity contribution in [1.29, 1.82) is 0 Å². The van der Waals surface area contributed by atoms with Crippen LogP contribution in [0, 0.1) is 0 Å². The van der Waals surface area contributed by atoms with E-state index >= 15 is 0 Å². The van der Waals surface area contributed by atoms with Gasteiger partial charge in [-0.25, -0.2) is 4.68 Å². The summed E-state index contributed by atoms with van der Waals surface area (Å²) in [5, 5.41) is 7.65. The van der Waals surface area contributed by atoms with Gasteiger partial charge in [-0.05, 0) is 15.9 Å². The minimum atomic E-state index is 0.701. The summed E-state index contributed by atoms with van der Waals surface area (Å²) < 4.78 is 7.74. The molecular formula is C5H6BrN3O. The number of hydrogen-bond acceptors (Lipinski definition) is 3. The molecule has 0 atom stereocenters. The molecule has 0 amide bonds. The van der Waals surface area contributed by atoms with E-state index in [1.165, 1.54) is 0 Å². The monoisotopic (exact) mass is 203 g/mol. The zero-order valence-electron chi connectivity index (χ0n) is 5.25. The molecule has 1 aromatic rings. The number of halogens is 1. The molecule has 0 aliphatic carbocycles. The van der Waals surface area contributed by atoms with Gasteiger partial charge < -0.3 is 4.74 Å². The van der Waals surface area contributed by atoms with Gasteiger partial charge in [-0.2, -0.15) is 0 Å². The van der Waals surface area contributed by atoms with E-state index in [0.717, 1.165) is 25.5 Å². The Morgan fingerprint density at radius 1 is 1.60 bits per heavy atom. The van der Waals surface area contributed by atoms with Crippen LogP contribution in [0.1, 0.15) is 6.42 Å². The quantitative estimate of drug-likeness (QED) is 0.628. The van der Waals surface area contributed by atoms with E-state index < -0.39 is 0 Å². The minimum absolute atomic E-state index is 0.701. The van der Waals surface area contributed by atoms with Crippen molar-refractivity contribution in [3.05, 3.63) is 4.60 Å². The molecule has 0 fully saturated rings. The fourth-order valence-corrected chi connectivity index (χ4v) is 1.34. The summed E-state index contributed by atoms with van der Waals surface area (Å²) in [5.41, 5.74) is 0. The zero-order valence-corrected chi connectivity index (χ0v) is 6.84. The van der Waals surface area contributed by atoms with E-state index in [0.29, 0.717) is 4.60 Å². The van der Waals surface area contributed by atoms with Gasteiger partial charge in [0.25, 0.3) is 0 Å². The van der Waals surface area contributed by atoms with Crippen molar-refractivity contribution in [1.82, 2.24) is 15.0 Å². The van der Waals surface area contributed by atoms with Crippen LogP contribution in [-0.4, -0.2) is 21.6 Å². The third kappa shape index (κ3) is 0.811. The molecule has 10 heavy (non-hydrogen) atoms. The van der Waals surface area contributed by atoms with Gasteiger partial charge in [-0.15, -0.1) is 5.10 Å². The lowest BCUT2D eigenvalue weighted by molar-refractivity contribution is 0.228. The number of rotatable bonds is 0. The molecule has 5 heteroatoms. The Balaban J connectivity index is 2.45. The van der Waals surface area contributed by atoms with Crippen LogP contribution in [0.2, 0.25) is 0 Å². The van der Waals surface area contributed by atoms with Gasteiger partial charge in [0, 0.05) is 13.0 Å². The molecule has 0 bridgehead atoms. The van der Waals surface area contributed by atoms with E-state index in [9.17, 15) is 0 Å². The lowest BCUT2D eigenvalue weighted by atomic mass is 10.4. The molecule has 0 radical (unpaired) electrons. The Labute approximate surface area is 66.3 Å². The first-order valence-corrected chi connectivity index (χ1v) is 3.89. The van der Waals surface area contributed by atoms with Crippen molar-refractivity contribution < 1.29 is 4.74 Å². The highest BCUT2D eigenvalue weighted by atomic mass is 79.9. The lowest BCUT2D eigenvalue weighted by Crippen LogP contribution is -2.14. The highest BCUT2D eigenvalue weighted by molar-refractivity contribution is 9.10. The number of hydrogen-bond donors (Lipinski definition) is 0. The van der Waals surface area contributed by atoms with Crippen molar-refractivity contribution in [2.45, 2.75) is 13.0 Å². The summed E-state index contributed by atoms with van der Waals surface area (Å²) in [4.78, 5) is 0. The number of nitrogens with zero attached hydrogens (tertiary/aromatic N) is 3. The van der Waals surface area contributed by atoms with Crippen molar-refractivity contribution in [3.63, 3.8) is 0 Å². The molecular weight excluding hydrogens is 198 g/mol. The third-order valence-corrected chi connectivity index (χ3v) is 1.90. The third-order valence-electron chi connectivity index (χ3n) is 1.40. The first-order chi connectivity index (χ1) is 4.88. The summed E-state index contributed by atoms with van der Waals surface area (Å²) in [5.74, 6) is 0.756. The number of aryl methyl sites for hydroxylation is 1. The molecule has 0 N–H and O–H groups in total. The molecule has 0 saturated heterocycles. The Hall–Kier alpha value is -0.580. The standard InChI is InChI=1S/C5H6BrN3O/c6-4-5-9(8-7-4)2-1-3-10-5/h1-3H2.